The van der Waals surface area contributed by atoms with E-state index in [2.05, 4.69) is 33.2 Å². The molecule has 1 aromatic carbocycles. The lowest BCUT2D eigenvalue weighted by Crippen LogP contribution is -2.09. The number of hydrogen-bond donors (Lipinski definition) is 1. The van der Waals surface area contributed by atoms with Gasteiger partial charge in [-0.15, -0.1) is 0 Å². The van der Waals surface area contributed by atoms with Crippen LogP contribution in [0.4, 0.5) is 0 Å². The summed E-state index contributed by atoms with van der Waals surface area (Å²) in [6, 6.07) is 12.2. The number of ether oxygens (including phenoxy) is 2. The number of aromatic amines is 1. The number of H-pyrrole nitrogens is 1. The van der Waals surface area contributed by atoms with Crippen molar-refractivity contribution in [2.45, 2.75) is 18.8 Å². The number of hydrogen-bond acceptors (Lipinski definition) is 4. The molecule has 0 bridgehead atoms. The average molecular weight is 321 g/mol. The fourth-order valence-electron chi connectivity index (χ4n) is 3.25. The van der Waals surface area contributed by atoms with Gasteiger partial charge >= 0.3 is 0 Å². The molecule has 1 aliphatic heterocycles. The van der Waals surface area contributed by atoms with Gasteiger partial charge in [-0.2, -0.15) is 0 Å². The molecule has 2 aromatic heterocycles. The van der Waals surface area contributed by atoms with E-state index in [9.17, 15) is 0 Å². The highest BCUT2D eigenvalue weighted by molar-refractivity contribution is 5.48. The zero-order chi connectivity index (χ0) is 16.4. The van der Waals surface area contributed by atoms with E-state index in [1.54, 1.807) is 13.4 Å². The number of nitrogens with one attached hydrogen (secondary N) is 1. The lowest BCUT2D eigenvalue weighted by atomic mass is 9.89. The molecule has 122 valence electrons. The molecule has 0 saturated carbocycles. The van der Waals surface area contributed by atoms with Crippen molar-refractivity contribution in [1.82, 2.24) is 15.0 Å². The summed E-state index contributed by atoms with van der Waals surface area (Å²) in [5.74, 6) is 1.76. The van der Waals surface area contributed by atoms with Crippen molar-refractivity contribution < 1.29 is 9.47 Å². The number of nitrogens with zero attached hydrogens (tertiary/aromatic N) is 2. The highest BCUT2D eigenvalue weighted by Crippen LogP contribution is 2.38. The number of benzene rings is 1. The zero-order valence-electron chi connectivity index (χ0n) is 13.5. The van der Waals surface area contributed by atoms with Gasteiger partial charge in [-0.25, -0.2) is 9.97 Å². The highest BCUT2D eigenvalue weighted by Gasteiger charge is 2.25. The second kappa shape index (κ2) is 6.35. The van der Waals surface area contributed by atoms with Crippen molar-refractivity contribution in [1.29, 1.82) is 0 Å². The Hall–Kier alpha value is -2.82. The maximum atomic E-state index is 5.91. The van der Waals surface area contributed by atoms with E-state index in [-0.39, 0.29) is 5.92 Å². The lowest BCUT2D eigenvalue weighted by Gasteiger charge is -2.18. The van der Waals surface area contributed by atoms with Crippen molar-refractivity contribution in [3.63, 3.8) is 0 Å². The van der Waals surface area contributed by atoms with Gasteiger partial charge in [-0.3, -0.25) is 0 Å². The smallest absolute Gasteiger partial charge is 0.213 e. The first-order chi connectivity index (χ1) is 11.8. The standard InChI is InChI=1S/C19H19N3O2/c1-23-18-7-3-5-14(22-18)10-16(17-11-20-12-21-17)15-6-2-4-13-8-9-24-19(13)15/h2-7,11-12,16H,8-10H2,1H3,(H,20,21)/t16-/m0/s1. The third-order valence-corrected chi connectivity index (χ3v) is 4.42. The Labute approximate surface area is 140 Å². The number of aromatic nitrogens is 3. The Kier molecular flexibility index (Phi) is 3.91. The van der Waals surface area contributed by atoms with Crippen molar-refractivity contribution in [2.75, 3.05) is 13.7 Å². The molecule has 1 atom stereocenters. The summed E-state index contributed by atoms with van der Waals surface area (Å²) >= 11 is 0. The molecule has 0 fully saturated rings. The molecule has 3 heterocycles. The third kappa shape index (κ3) is 2.73. The van der Waals surface area contributed by atoms with E-state index in [1.807, 2.05) is 24.4 Å². The molecule has 0 spiro atoms. The predicted molar refractivity (Wildman–Crippen MR) is 90.6 cm³/mol. The fourth-order valence-corrected chi connectivity index (χ4v) is 3.25. The molecule has 0 saturated heterocycles. The van der Waals surface area contributed by atoms with Crippen LogP contribution in [0, 0.1) is 0 Å². The van der Waals surface area contributed by atoms with Crippen LogP contribution in [-0.2, 0) is 12.8 Å². The van der Waals surface area contributed by atoms with Gasteiger partial charge < -0.3 is 14.5 Å². The molecular weight excluding hydrogens is 302 g/mol. The molecule has 1 aliphatic rings. The van der Waals surface area contributed by atoms with Crippen LogP contribution in [-0.4, -0.2) is 28.7 Å². The highest BCUT2D eigenvalue weighted by atomic mass is 16.5. The van der Waals surface area contributed by atoms with Gasteiger partial charge in [0, 0.05) is 48.0 Å². The first kappa shape index (κ1) is 14.8. The molecule has 0 radical (unpaired) electrons. The summed E-state index contributed by atoms with van der Waals surface area (Å²) in [6.07, 6.45) is 5.31. The number of fused-ring (bicyclic) bond motifs is 1. The topological polar surface area (TPSA) is 60.0 Å². The largest absolute Gasteiger partial charge is 0.493 e. The first-order valence-corrected chi connectivity index (χ1v) is 8.08. The molecule has 0 aliphatic carbocycles. The van der Waals surface area contributed by atoms with Crippen LogP contribution in [0.15, 0.2) is 48.9 Å². The molecule has 4 rings (SSSR count). The summed E-state index contributed by atoms with van der Waals surface area (Å²) in [5.41, 5.74) is 4.49. The summed E-state index contributed by atoms with van der Waals surface area (Å²) in [7, 11) is 1.64. The number of para-hydroxylation sites is 1. The van der Waals surface area contributed by atoms with Crippen LogP contribution in [0.1, 0.15) is 28.4 Å². The maximum Gasteiger partial charge on any atom is 0.213 e. The predicted octanol–water partition coefficient (Wildman–Crippen LogP) is 3.12. The summed E-state index contributed by atoms with van der Waals surface area (Å²) in [6.45, 7) is 0.749. The van der Waals surface area contributed by atoms with Gasteiger partial charge in [0.05, 0.1) is 20.0 Å². The number of pyridine rings is 1. The van der Waals surface area contributed by atoms with E-state index >= 15 is 0 Å². The van der Waals surface area contributed by atoms with Crippen LogP contribution < -0.4 is 9.47 Å². The number of imidazole rings is 1. The maximum absolute atomic E-state index is 5.91. The van der Waals surface area contributed by atoms with Crippen molar-refractivity contribution in [2.24, 2.45) is 0 Å². The normalized spacial score (nSPS) is 14.0. The molecular formula is C19H19N3O2. The molecule has 0 unspecified atom stereocenters. The van der Waals surface area contributed by atoms with E-state index < -0.39 is 0 Å². The van der Waals surface area contributed by atoms with Crippen LogP contribution in [0.3, 0.4) is 0 Å². The van der Waals surface area contributed by atoms with Crippen LogP contribution in [0.25, 0.3) is 0 Å². The van der Waals surface area contributed by atoms with Crippen LogP contribution in [0.5, 0.6) is 11.6 Å². The van der Waals surface area contributed by atoms with Crippen LogP contribution in [0.2, 0.25) is 0 Å². The van der Waals surface area contributed by atoms with Gasteiger partial charge in [-0.05, 0) is 11.6 Å². The van der Waals surface area contributed by atoms with Gasteiger partial charge in [-0.1, -0.05) is 24.3 Å². The monoisotopic (exact) mass is 321 g/mol. The van der Waals surface area contributed by atoms with Gasteiger partial charge in [0.25, 0.3) is 0 Å². The Morgan fingerprint density at radius 2 is 2.17 bits per heavy atom. The van der Waals surface area contributed by atoms with Crippen molar-refractivity contribution in [3.8, 4) is 11.6 Å². The molecule has 3 aromatic rings. The van der Waals surface area contributed by atoms with E-state index in [1.165, 1.54) is 11.1 Å². The summed E-state index contributed by atoms with van der Waals surface area (Å²) in [5, 5.41) is 0. The van der Waals surface area contributed by atoms with E-state index in [0.29, 0.717) is 5.88 Å². The minimum Gasteiger partial charge on any atom is -0.493 e. The van der Waals surface area contributed by atoms with E-state index in [4.69, 9.17) is 9.47 Å². The Bertz CT molecular complexity index is 830. The molecule has 1 N–H and O–H groups in total. The second-order valence-electron chi connectivity index (χ2n) is 5.87. The SMILES string of the molecule is COc1cccc(C[C@H](c2cnc[nH]2)c2cccc3c2OCC3)n1. The van der Waals surface area contributed by atoms with Crippen molar-refractivity contribution >= 4 is 0 Å². The Balaban J connectivity index is 1.74. The molecule has 24 heavy (non-hydrogen) atoms. The summed E-state index contributed by atoms with van der Waals surface area (Å²) in [4.78, 5) is 12.0. The van der Waals surface area contributed by atoms with Crippen LogP contribution >= 0.6 is 0 Å². The van der Waals surface area contributed by atoms with Gasteiger partial charge in [0.2, 0.25) is 5.88 Å². The Morgan fingerprint density at radius 3 is 3.00 bits per heavy atom. The quantitative estimate of drug-likeness (QED) is 0.784. The lowest BCUT2D eigenvalue weighted by molar-refractivity contribution is 0.352. The van der Waals surface area contributed by atoms with Gasteiger partial charge in [0.1, 0.15) is 5.75 Å². The van der Waals surface area contributed by atoms with Crippen molar-refractivity contribution in [3.05, 3.63) is 71.4 Å². The molecule has 0 amide bonds. The minimum absolute atomic E-state index is 0.111. The minimum atomic E-state index is 0.111. The third-order valence-electron chi connectivity index (χ3n) is 4.42. The number of methoxy groups -OCH3 is 1. The van der Waals surface area contributed by atoms with E-state index in [0.717, 1.165) is 36.6 Å². The molecule has 5 heteroatoms. The average Bonchev–Trinajstić information content (AvgIpc) is 3.31. The second-order valence-corrected chi connectivity index (χ2v) is 5.87. The van der Waals surface area contributed by atoms with Gasteiger partial charge in [0.15, 0.2) is 0 Å². The fraction of sp³-hybridized carbons (Fsp3) is 0.263. The number of rotatable bonds is 5. The first-order valence-electron chi connectivity index (χ1n) is 8.08. The Morgan fingerprint density at radius 1 is 1.25 bits per heavy atom. The molecule has 5 nitrogen and oxygen atoms in total. The zero-order valence-corrected chi connectivity index (χ0v) is 13.5. The summed E-state index contributed by atoms with van der Waals surface area (Å²) < 4.78 is 11.2.